The first-order valence-corrected chi connectivity index (χ1v) is 7.66. The van der Waals surface area contributed by atoms with E-state index in [1.165, 1.54) is 25.8 Å². The zero-order valence-corrected chi connectivity index (χ0v) is 13.9. The van der Waals surface area contributed by atoms with Crippen molar-refractivity contribution in [2.75, 3.05) is 7.05 Å². The van der Waals surface area contributed by atoms with Gasteiger partial charge in [0.05, 0.1) is 0 Å². The minimum absolute atomic E-state index is 0.373. The van der Waals surface area contributed by atoms with Crippen molar-refractivity contribution in [1.82, 2.24) is 5.32 Å². The van der Waals surface area contributed by atoms with Crippen LogP contribution in [0.1, 0.15) is 28.3 Å². The molecule has 0 aliphatic rings. The molecule has 100 valence electrons. The lowest BCUT2D eigenvalue weighted by Crippen LogP contribution is -2.18. The third-order valence-electron chi connectivity index (χ3n) is 3.34. The van der Waals surface area contributed by atoms with Gasteiger partial charge in [0.25, 0.3) is 0 Å². The van der Waals surface area contributed by atoms with Crippen molar-refractivity contribution in [1.29, 1.82) is 0 Å². The number of likely N-dealkylation sites (N-methyl/N-ethyl adjacent to an activating group) is 1. The summed E-state index contributed by atoms with van der Waals surface area (Å²) in [6.45, 7) is 4.32. The molecule has 0 radical (unpaired) electrons. The van der Waals surface area contributed by atoms with Gasteiger partial charge < -0.3 is 5.32 Å². The molecular weight excluding hydrogens is 345 g/mol. The highest BCUT2D eigenvalue weighted by atomic mass is 127. The lowest BCUT2D eigenvalue weighted by molar-refractivity contribution is 0.591. The van der Waals surface area contributed by atoms with Gasteiger partial charge in [0, 0.05) is 9.61 Å². The molecule has 0 bridgehead atoms. The Hall–Kier alpha value is -0.870. The third-order valence-corrected chi connectivity index (χ3v) is 4.06. The molecule has 0 spiro atoms. The van der Waals surface area contributed by atoms with Crippen LogP contribution in [-0.4, -0.2) is 7.05 Å². The minimum Gasteiger partial charge on any atom is -0.313 e. The molecular formula is C17H20IN. The van der Waals surface area contributed by atoms with Crippen LogP contribution in [-0.2, 0) is 6.42 Å². The molecule has 0 heterocycles. The van der Waals surface area contributed by atoms with E-state index in [-0.39, 0.29) is 0 Å². The zero-order valence-electron chi connectivity index (χ0n) is 11.7. The first kappa shape index (κ1) is 14.5. The molecule has 2 aromatic rings. The Balaban J connectivity index is 2.21. The van der Waals surface area contributed by atoms with Crippen molar-refractivity contribution in [2.45, 2.75) is 26.3 Å². The predicted octanol–water partition coefficient (Wildman–Crippen LogP) is 4.41. The first-order chi connectivity index (χ1) is 9.08. The average molecular weight is 365 g/mol. The standard InChI is InChI=1S/C17H20IN/c1-12-8-13(2)10-14(9-12)11-17(19-3)15-4-6-16(18)7-5-15/h4-10,17,19H,11H2,1-3H3. The molecule has 1 N–H and O–H groups in total. The van der Waals surface area contributed by atoms with Gasteiger partial charge >= 0.3 is 0 Å². The first-order valence-electron chi connectivity index (χ1n) is 6.58. The Morgan fingerprint density at radius 2 is 1.58 bits per heavy atom. The van der Waals surface area contributed by atoms with E-state index < -0.39 is 0 Å². The second kappa shape index (κ2) is 6.53. The molecule has 1 nitrogen and oxygen atoms in total. The van der Waals surface area contributed by atoms with Gasteiger partial charge in [0.1, 0.15) is 0 Å². The van der Waals surface area contributed by atoms with E-state index in [0.29, 0.717) is 6.04 Å². The van der Waals surface area contributed by atoms with E-state index in [1.54, 1.807) is 0 Å². The van der Waals surface area contributed by atoms with Crippen LogP contribution in [0.3, 0.4) is 0 Å². The van der Waals surface area contributed by atoms with Gasteiger partial charge in [-0.15, -0.1) is 0 Å². The summed E-state index contributed by atoms with van der Waals surface area (Å²) in [5.41, 5.74) is 5.43. The largest absolute Gasteiger partial charge is 0.313 e. The van der Waals surface area contributed by atoms with Crippen molar-refractivity contribution in [3.8, 4) is 0 Å². The highest BCUT2D eigenvalue weighted by molar-refractivity contribution is 14.1. The lowest BCUT2D eigenvalue weighted by atomic mass is 9.97. The van der Waals surface area contributed by atoms with Crippen LogP contribution in [0, 0.1) is 17.4 Å². The van der Waals surface area contributed by atoms with Crippen LogP contribution in [0.25, 0.3) is 0 Å². The lowest BCUT2D eigenvalue weighted by Gasteiger charge is -2.17. The Morgan fingerprint density at radius 3 is 2.11 bits per heavy atom. The van der Waals surface area contributed by atoms with E-state index in [9.17, 15) is 0 Å². The van der Waals surface area contributed by atoms with Gasteiger partial charge in [-0.3, -0.25) is 0 Å². The van der Waals surface area contributed by atoms with Gasteiger partial charge in [0.2, 0.25) is 0 Å². The van der Waals surface area contributed by atoms with Crippen LogP contribution in [0.4, 0.5) is 0 Å². The maximum Gasteiger partial charge on any atom is 0.0358 e. The number of nitrogens with one attached hydrogen (secondary N) is 1. The fourth-order valence-electron chi connectivity index (χ4n) is 2.50. The molecule has 2 heteroatoms. The number of halogens is 1. The summed E-state index contributed by atoms with van der Waals surface area (Å²) in [5.74, 6) is 0. The maximum atomic E-state index is 3.42. The normalized spacial score (nSPS) is 12.4. The summed E-state index contributed by atoms with van der Waals surface area (Å²) in [5, 5.41) is 3.42. The van der Waals surface area contributed by atoms with Gasteiger partial charge in [-0.1, -0.05) is 41.5 Å². The number of hydrogen-bond acceptors (Lipinski definition) is 1. The van der Waals surface area contributed by atoms with Crippen LogP contribution in [0.5, 0.6) is 0 Å². The Morgan fingerprint density at radius 1 is 1.00 bits per heavy atom. The molecule has 0 fully saturated rings. The molecule has 0 saturated carbocycles. The molecule has 1 atom stereocenters. The summed E-state index contributed by atoms with van der Waals surface area (Å²) in [6.07, 6.45) is 1.03. The van der Waals surface area contributed by atoms with Crippen molar-refractivity contribution < 1.29 is 0 Å². The Kier molecular flexibility index (Phi) is 4.99. The van der Waals surface area contributed by atoms with E-state index in [1.807, 2.05) is 7.05 Å². The van der Waals surface area contributed by atoms with Gasteiger partial charge in [-0.05, 0) is 73.2 Å². The van der Waals surface area contributed by atoms with Crippen molar-refractivity contribution in [3.05, 3.63) is 68.3 Å². The van der Waals surface area contributed by atoms with Crippen LogP contribution < -0.4 is 5.32 Å². The quantitative estimate of drug-likeness (QED) is 0.792. The number of rotatable bonds is 4. The molecule has 0 aromatic heterocycles. The Bertz CT molecular complexity index is 525. The monoisotopic (exact) mass is 365 g/mol. The molecule has 1 unspecified atom stereocenters. The zero-order chi connectivity index (χ0) is 13.8. The summed E-state index contributed by atoms with van der Waals surface area (Å²) >= 11 is 2.34. The Labute approximate surface area is 129 Å². The van der Waals surface area contributed by atoms with Crippen LogP contribution in [0.15, 0.2) is 42.5 Å². The SMILES string of the molecule is CNC(Cc1cc(C)cc(C)c1)c1ccc(I)cc1. The summed E-state index contributed by atoms with van der Waals surface area (Å²) < 4.78 is 1.28. The van der Waals surface area contributed by atoms with Crippen molar-refractivity contribution in [3.63, 3.8) is 0 Å². The highest BCUT2D eigenvalue weighted by Crippen LogP contribution is 2.20. The number of benzene rings is 2. The summed E-state index contributed by atoms with van der Waals surface area (Å²) in [4.78, 5) is 0. The van der Waals surface area contributed by atoms with Gasteiger partial charge in [0.15, 0.2) is 0 Å². The molecule has 0 aliphatic carbocycles. The van der Waals surface area contributed by atoms with E-state index >= 15 is 0 Å². The van der Waals surface area contributed by atoms with Gasteiger partial charge in [-0.2, -0.15) is 0 Å². The van der Waals surface area contributed by atoms with E-state index in [2.05, 4.69) is 84.2 Å². The average Bonchev–Trinajstić information content (AvgIpc) is 2.36. The van der Waals surface area contributed by atoms with Crippen molar-refractivity contribution in [2.24, 2.45) is 0 Å². The molecule has 0 saturated heterocycles. The minimum atomic E-state index is 0.373. The van der Waals surface area contributed by atoms with Crippen LogP contribution >= 0.6 is 22.6 Å². The number of hydrogen-bond donors (Lipinski definition) is 1. The fourth-order valence-corrected chi connectivity index (χ4v) is 2.86. The van der Waals surface area contributed by atoms with Crippen molar-refractivity contribution >= 4 is 22.6 Å². The van der Waals surface area contributed by atoms with E-state index in [4.69, 9.17) is 0 Å². The summed E-state index contributed by atoms with van der Waals surface area (Å²) in [6, 6.07) is 15.9. The molecule has 0 amide bonds. The molecule has 19 heavy (non-hydrogen) atoms. The molecule has 2 rings (SSSR count). The van der Waals surface area contributed by atoms with E-state index in [0.717, 1.165) is 6.42 Å². The number of aryl methyl sites for hydroxylation is 2. The second-order valence-corrected chi connectivity index (χ2v) is 6.34. The highest BCUT2D eigenvalue weighted by Gasteiger charge is 2.10. The second-order valence-electron chi connectivity index (χ2n) is 5.09. The summed E-state index contributed by atoms with van der Waals surface area (Å²) in [7, 11) is 2.03. The fraction of sp³-hybridized carbons (Fsp3) is 0.294. The predicted molar refractivity (Wildman–Crippen MR) is 90.6 cm³/mol. The molecule has 0 aliphatic heterocycles. The third kappa shape index (κ3) is 4.05. The smallest absolute Gasteiger partial charge is 0.0358 e. The maximum absolute atomic E-state index is 3.42. The molecule has 2 aromatic carbocycles. The van der Waals surface area contributed by atoms with Gasteiger partial charge in [-0.25, -0.2) is 0 Å². The van der Waals surface area contributed by atoms with Crippen LogP contribution in [0.2, 0.25) is 0 Å². The topological polar surface area (TPSA) is 12.0 Å².